The molecule has 0 saturated carbocycles. The van der Waals surface area contributed by atoms with Crippen LogP contribution in [0.1, 0.15) is 38.8 Å². The number of carbonyl (C=O) groups excluding carboxylic acids is 1. The predicted octanol–water partition coefficient (Wildman–Crippen LogP) is 3.07. The van der Waals surface area contributed by atoms with Crippen molar-refractivity contribution in [2.24, 2.45) is 0 Å². The summed E-state index contributed by atoms with van der Waals surface area (Å²) in [7, 11) is 1.54. The van der Waals surface area contributed by atoms with E-state index in [1.54, 1.807) is 0 Å². The maximum Gasteiger partial charge on any atom is 0.315 e. The highest BCUT2D eigenvalue weighted by Gasteiger charge is 2.21. The zero-order chi connectivity index (χ0) is 15.2. The molecule has 0 amide bonds. The molecule has 1 aromatic carbocycles. The summed E-state index contributed by atoms with van der Waals surface area (Å²) in [5.74, 6) is 0.715. The lowest BCUT2D eigenvalue weighted by Gasteiger charge is -2.25. The Morgan fingerprint density at radius 2 is 2.00 bits per heavy atom. The smallest absolute Gasteiger partial charge is 0.315 e. The Morgan fingerprint density at radius 3 is 2.50 bits per heavy atom. The fraction of sp³-hybridized carbons (Fsp3) is 0.562. The Kier molecular flexibility index (Phi) is 6.17. The first-order valence-electron chi connectivity index (χ1n) is 6.80. The van der Waals surface area contributed by atoms with Crippen LogP contribution in [0.2, 0.25) is 0 Å². The number of carbonyl (C=O) groups is 1. The molecule has 0 fully saturated rings. The molecule has 0 N–H and O–H groups in total. The lowest BCUT2D eigenvalue weighted by Crippen LogP contribution is -2.24. The third-order valence-electron chi connectivity index (χ3n) is 2.89. The van der Waals surface area contributed by atoms with Gasteiger partial charge in [-0.2, -0.15) is 0 Å². The predicted molar refractivity (Wildman–Crippen MR) is 78.0 cm³/mol. The number of aldehydes is 1. The first-order chi connectivity index (χ1) is 9.42. The second-order valence-electron chi connectivity index (χ2n) is 5.55. The largest absolute Gasteiger partial charge is 0.441 e. The van der Waals surface area contributed by atoms with Gasteiger partial charge in [0.1, 0.15) is 12.0 Å². The summed E-state index contributed by atoms with van der Waals surface area (Å²) in [5.41, 5.74) is 1.90. The van der Waals surface area contributed by atoms with Gasteiger partial charge in [0, 0.05) is 13.5 Å². The van der Waals surface area contributed by atoms with Crippen LogP contribution in [0.4, 0.5) is 0 Å². The Bertz CT molecular complexity index is 435. The number of rotatable bonds is 7. The van der Waals surface area contributed by atoms with Gasteiger partial charge in [-0.15, -0.1) is 0 Å². The van der Waals surface area contributed by atoms with Gasteiger partial charge in [-0.1, -0.05) is 32.9 Å². The molecule has 0 aliphatic rings. The molecule has 1 atom stereocenters. The number of hydrogen-bond acceptors (Lipinski definition) is 4. The van der Waals surface area contributed by atoms with Crippen molar-refractivity contribution in [3.05, 3.63) is 29.3 Å². The van der Waals surface area contributed by atoms with Gasteiger partial charge in [0.05, 0.1) is 6.61 Å². The maximum absolute atomic E-state index is 10.7. The Morgan fingerprint density at radius 1 is 1.30 bits per heavy atom. The molecule has 0 bridgehead atoms. The van der Waals surface area contributed by atoms with E-state index in [4.69, 9.17) is 14.2 Å². The Balaban J connectivity index is 3.08. The van der Waals surface area contributed by atoms with Crippen LogP contribution in [0.15, 0.2) is 18.2 Å². The van der Waals surface area contributed by atoms with Crippen LogP contribution >= 0.6 is 0 Å². The zero-order valence-corrected chi connectivity index (χ0v) is 12.9. The average Bonchev–Trinajstić information content (AvgIpc) is 2.39. The minimum atomic E-state index is -0.724. The molecule has 0 aliphatic carbocycles. The number of hydrogen-bond donors (Lipinski definition) is 0. The Labute approximate surface area is 121 Å². The van der Waals surface area contributed by atoms with E-state index < -0.39 is 6.48 Å². The van der Waals surface area contributed by atoms with Crippen LogP contribution in [0.5, 0.6) is 5.75 Å². The second-order valence-corrected chi connectivity index (χ2v) is 5.55. The topological polar surface area (TPSA) is 44.8 Å². The van der Waals surface area contributed by atoms with Crippen molar-refractivity contribution in [3.63, 3.8) is 0 Å². The van der Waals surface area contributed by atoms with E-state index in [0.717, 1.165) is 17.4 Å². The van der Waals surface area contributed by atoms with E-state index in [-0.39, 0.29) is 5.41 Å². The van der Waals surface area contributed by atoms with Crippen molar-refractivity contribution in [1.82, 2.24) is 0 Å². The van der Waals surface area contributed by atoms with Gasteiger partial charge in [-0.05, 0) is 29.5 Å². The second kappa shape index (κ2) is 7.41. The van der Waals surface area contributed by atoms with E-state index in [1.807, 2.05) is 25.1 Å². The summed E-state index contributed by atoms with van der Waals surface area (Å²) in [6, 6.07) is 5.75. The van der Waals surface area contributed by atoms with Crippen molar-refractivity contribution in [2.45, 2.75) is 46.0 Å². The normalized spacial score (nSPS) is 13.1. The third kappa shape index (κ3) is 4.62. The van der Waals surface area contributed by atoms with Gasteiger partial charge in [-0.25, -0.2) is 0 Å². The van der Waals surface area contributed by atoms with Gasteiger partial charge in [0.25, 0.3) is 0 Å². The van der Waals surface area contributed by atoms with Crippen molar-refractivity contribution in [3.8, 4) is 5.75 Å². The molecule has 0 aliphatic heterocycles. The quantitative estimate of drug-likeness (QED) is 0.569. The zero-order valence-electron chi connectivity index (χ0n) is 12.9. The Hall–Kier alpha value is -1.39. The van der Waals surface area contributed by atoms with Crippen LogP contribution in [0.25, 0.3) is 0 Å². The first kappa shape index (κ1) is 16.7. The molecular formula is C16H24O4. The molecule has 0 aromatic heterocycles. The van der Waals surface area contributed by atoms with Crippen LogP contribution in [-0.2, 0) is 26.1 Å². The molecule has 1 aromatic rings. The van der Waals surface area contributed by atoms with Crippen molar-refractivity contribution >= 4 is 6.29 Å². The van der Waals surface area contributed by atoms with Gasteiger partial charge < -0.3 is 19.0 Å². The highest BCUT2D eigenvalue weighted by atomic mass is 16.8. The van der Waals surface area contributed by atoms with Gasteiger partial charge in [0.15, 0.2) is 0 Å². The van der Waals surface area contributed by atoms with Crippen LogP contribution in [0, 0.1) is 0 Å². The summed E-state index contributed by atoms with van der Waals surface area (Å²) >= 11 is 0. The van der Waals surface area contributed by atoms with Crippen LogP contribution in [-0.4, -0.2) is 26.5 Å². The lowest BCUT2D eigenvalue weighted by atomic mass is 9.85. The lowest BCUT2D eigenvalue weighted by molar-refractivity contribution is -0.231. The van der Waals surface area contributed by atoms with Crippen molar-refractivity contribution in [2.75, 3.05) is 13.7 Å². The number of benzene rings is 1. The molecule has 4 heteroatoms. The SMILES string of the molecule is CCOC(OC)Oc1ccc(CC=O)cc1C(C)(C)C. The summed E-state index contributed by atoms with van der Waals surface area (Å²) in [6.07, 6.45) is 1.31. The maximum atomic E-state index is 10.7. The molecule has 0 radical (unpaired) electrons. The molecular weight excluding hydrogens is 256 g/mol. The molecule has 4 nitrogen and oxygen atoms in total. The number of ether oxygens (including phenoxy) is 3. The summed E-state index contributed by atoms with van der Waals surface area (Å²) in [4.78, 5) is 10.7. The van der Waals surface area contributed by atoms with E-state index >= 15 is 0 Å². The van der Waals surface area contributed by atoms with E-state index in [9.17, 15) is 4.79 Å². The molecule has 1 unspecified atom stereocenters. The van der Waals surface area contributed by atoms with Crippen molar-refractivity contribution < 1.29 is 19.0 Å². The van der Waals surface area contributed by atoms with Crippen LogP contribution in [0.3, 0.4) is 0 Å². The third-order valence-corrected chi connectivity index (χ3v) is 2.89. The number of methoxy groups -OCH3 is 1. The van der Waals surface area contributed by atoms with Crippen LogP contribution < -0.4 is 4.74 Å². The molecule has 0 saturated heterocycles. The van der Waals surface area contributed by atoms with Gasteiger partial charge in [0.2, 0.25) is 0 Å². The van der Waals surface area contributed by atoms with E-state index in [2.05, 4.69) is 20.8 Å². The molecule has 0 heterocycles. The summed E-state index contributed by atoms with van der Waals surface area (Å²) < 4.78 is 16.2. The molecule has 112 valence electrons. The summed E-state index contributed by atoms with van der Waals surface area (Å²) in [5, 5.41) is 0. The standard InChI is InChI=1S/C16H24O4/c1-6-19-15(18-5)20-14-8-7-12(9-10-17)11-13(14)16(2,3)4/h7-8,10-11,15H,6,9H2,1-5H3. The first-order valence-corrected chi connectivity index (χ1v) is 6.80. The average molecular weight is 280 g/mol. The minimum Gasteiger partial charge on any atom is -0.441 e. The fourth-order valence-corrected chi connectivity index (χ4v) is 1.88. The van der Waals surface area contributed by atoms with E-state index in [0.29, 0.717) is 18.8 Å². The monoisotopic (exact) mass is 280 g/mol. The van der Waals surface area contributed by atoms with Gasteiger partial charge >= 0.3 is 6.48 Å². The highest BCUT2D eigenvalue weighted by Crippen LogP contribution is 2.33. The minimum absolute atomic E-state index is 0.0985. The van der Waals surface area contributed by atoms with Crippen molar-refractivity contribution in [1.29, 1.82) is 0 Å². The van der Waals surface area contributed by atoms with E-state index in [1.165, 1.54) is 7.11 Å². The fourth-order valence-electron chi connectivity index (χ4n) is 1.88. The molecule has 0 spiro atoms. The molecule has 20 heavy (non-hydrogen) atoms. The summed E-state index contributed by atoms with van der Waals surface area (Å²) in [6.45, 7) is 7.96. The van der Waals surface area contributed by atoms with Gasteiger partial charge in [-0.3, -0.25) is 0 Å². The highest BCUT2D eigenvalue weighted by molar-refractivity contribution is 5.56. The molecule has 1 rings (SSSR count).